The number of methoxy groups -OCH3 is 1. The van der Waals surface area contributed by atoms with Crippen molar-refractivity contribution in [1.29, 1.82) is 0 Å². The number of nitrogens with one attached hydrogen (secondary N) is 1. The Balaban J connectivity index is 1.84. The van der Waals surface area contributed by atoms with Gasteiger partial charge in [0.1, 0.15) is 6.61 Å². The monoisotopic (exact) mass is 315 g/mol. The van der Waals surface area contributed by atoms with Crippen molar-refractivity contribution >= 4 is 5.97 Å². The van der Waals surface area contributed by atoms with Gasteiger partial charge in [0.25, 0.3) is 0 Å². The molecule has 1 unspecified atom stereocenters. The van der Waals surface area contributed by atoms with Gasteiger partial charge >= 0.3 is 5.97 Å². The number of esters is 1. The molecule has 2 aromatic rings. The molecular formula is C18H21NO4. The van der Waals surface area contributed by atoms with E-state index in [0.29, 0.717) is 12.4 Å². The molecule has 0 spiro atoms. The standard InChI is InChI=1S/C18H21NO4/c1-13(19-11-14-6-4-3-5-7-14)12-23-17-9-8-15(10-16(17)20)18(21)22-2/h3-10,13,19-20H,11-12H2,1-2H3. The molecule has 0 aliphatic heterocycles. The first-order valence-corrected chi connectivity index (χ1v) is 7.41. The number of hydrogen-bond donors (Lipinski definition) is 2. The molecule has 0 aliphatic carbocycles. The molecule has 0 aliphatic rings. The summed E-state index contributed by atoms with van der Waals surface area (Å²) in [7, 11) is 1.30. The van der Waals surface area contributed by atoms with E-state index in [1.54, 1.807) is 12.1 Å². The number of carbonyl (C=O) groups excluding carboxylic acids is 1. The number of phenols is 1. The zero-order valence-electron chi connectivity index (χ0n) is 13.3. The van der Waals surface area contributed by atoms with Gasteiger partial charge in [0.2, 0.25) is 0 Å². The lowest BCUT2D eigenvalue weighted by atomic mass is 10.2. The minimum absolute atomic E-state index is 0.0804. The fourth-order valence-electron chi connectivity index (χ4n) is 2.05. The molecule has 0 saturated carbocycles. The predicted molar refractivity (Wildman–Crippen MR) is 87.7 cm³/mol. The Morgan fingerprint density at radius 3 is 2.61 bits per heavy atom. The van der Waals surface area contributed by atoms with E-state index < -0.39 is 5.97 Å². The molecule has 5 heteroatoms. The minimum atomic E-state index is -0.496. The van der Waals surface area contributed by atoms with Crippen molar-refractivity contribution in [3.05, 3.63) is 59.7 Å². The molecule has 0 heterocycles. The first-order chi connectivity index (χ1) is 11.1. The average Bonchev–Trinajstić information content (AvgIpc) is 2.59. The molecule has 0 saturated heterocycles. The van der Waals surface area contributed by atoms with E-state index in [9.17, 15) is 9.90 Å². The van der Waals surface area contributed by atoms with Gasteiger partial charge in [-0.05, 0) is 30.7 Å². The number of benzene rings is 2. The summed E-state index contributed by atoms with van der Waals surface area (Å²) in [4.78, 5) is 11.4. The fraction of sp³-hybridized carbons (Fsp3) is 0.278. The number of rotatable bonds is 7. The van der Waals surface area contributed by atoms with Crippen molar-refractivity contribution in [2.75, 3.05) is 13.7 Å². The van der Waals surface area contributed by atoms with Gasteiger partial charge < -0.3 is 19.9 Å². The Morgan fingerprint density at radius 1 is 1.22 bits per heavy atom. The zero-order chi connectivity index (χ0) is 16.7. The van der Waals surface area contributed by atoms with Crippen LogP contribution in [0.5, 0.6) is 11.5 Å². The van der Waals surface area contributed by atoms with Gasteiger partial charge in [0.05, 0.1) is 12.7 Å². The summed E-state index contributed by atoms with van der Waals surface area (Å²) in [5, 5.41) is 13.2. The minimum Gasteiger partial charge on any atom is -0.504 e. The third kappa shape index (κ3) is 5.00. The smallest absolute Gasteiger partial charge is 0.337 e. The lowest BCUT2D eigenvalue weighted by Crippen LogP contribution is -2.31. The maximum atomic E-state index is 11.4. The number of carbonyl (C=O) groups is 1. The van der Waals surface area contributed by atoms with E-state index in [1.165, 1.54) is 18.7 Å². The molecule has 1 atom stereocenters. The first-order valence-electron chi connectivity index (χ1n) is 7.41. The summed E-state index contributed by atoms with van der Waals surface area (Å²) in [6, 6.07) is 14.7. The summed E-state index contributed by atoms with van der Waals surface area (Å²) >= 11 is 0. The summed E-state index contributed by atoms with van der Waals surface area (Å²) in [5.41, 5.74) is 1.48. The third-order valence-corrected chi connectivity index (χ3v) is 3.37. The maximum Gasteiger partial charge on any atom is 0.337 e. The van der Waals surface area contributed by atoms with Crippen molar-refractivity contribution in [3.8, 4) is 11.5 Å². The van der Waals surface area contributed by atoms with Gasteiger partial charge in [0, 0.05) is 12.6 Å². The maximum absolute atomic E-state index is 11.4. The summed E-state index contributed by atoms with van der Waals surface area (Å²) < 4.78 is 10.2. The number of phenolic OH excluding ortho intramolecular Hbond substituents is 1. The number of aromatic hydroxyl groups is 1. The quantitative estimate of drug-likeness (QED) is 0.769. The van der Waals surface area contributed by atoms with Crippen LogP contribution < -0.4 is 10.1 Å². The van der Waals surface area contributed by atoms with Crippen LogP contribution in [0.1, 0.15) is 22.8 Å². The van der Waals surface area contributed by atoms with Crippen LogP contribution in [0.3, 0.4) is 0 Å². The Kier molecular flexibility index (Phi) is 6.00. The van der Waals surface area contributed by atoms with Gasteiger partial charge in [-0.15, -0.1) is 0 Å². The molecular weight excluding hydrogens is 294 g/mol. The van der Waals surface area contributed by atoms with E-state index in [0.717, 1.165) is 6.54 Å². The highest BCUT2D eigenvalue weighted by molar-refractivity contribution is 5.90. The van der Waals surface area contributed by atoms with Gasteiger partial charge in [-0.25, -0.2) is 4.79 Å². The van der Waals surface area contributed by atoms with E-state index in [2.05, 4.69) is 22.2 Å². The Bertz CT molecular complexity index is 643. The van der Waals surface area contributed by atoms with Crippen molar-refractivity contribution in [2.24, 2.45) is 0 Å². The second-order valence-electron chi connectivity index (χ2n) is 5.25. The van der Waals surface area contributed by atoms with Gasteiger partial charge in [-0.2, -0.15) is 0 Å². The lowest BCUT2D eigenvalue weighted by molar-refractivity contribution is 0.0600. The van der Waals surface area contributed by atoms with Crippen LogP contribution in [-0.2, 0) is 11.3 Å². The molecule has 0 radical (unpaired) electrons. The van der Waals surface area contributed by atoms with Crippen LogP contribution in [-0.4, -0.2) is 30.8 Å². The largest absolute Gasteiger partial charge is 0.504 e. The summed E-state index contributed by atoms with van der Waals surface area (Å²) in [6.07, 6.45) is 0. The van der Waals surface area contributed by atoms with Crippen LogP contribution in [0.2, 0.25) is 0 Å². The second-order valence-corrected chi connectivity index (χ2v) is 5.25. The topological polar surface area (TPSA) is 67.8 Å². The van der Waals surface area contributed by atoms with Crippen molar-refractivity contribution in [1.82, 2.24) is 5.32 Å². The van der Waals surface area contributed by atoms with E-state index >= 15 is 0 Å². The third-order valence-electron chi connectivity index (χ3n) is 3.37. The van der Waals surface area contributed by atoms with Gasteiger partial charge in [0.15, 0.2) is 11.5 Å². The van der Waals surface area contributed by atoms with Gasteiger partial charge in [-0.3, -0.25) is 0 Å². The van der Waals surface area contributed by atoms with Crippen LogP contribution in [0.4, 0.5) is 0 Å². The Morgan fingerprint density at radius 2 is 1.96 bits per heavy atom. The van der Waals surface area contributed by atoms with E-state index in [1.807, 2.05) is 25.1 Å². The normalized spacial score (nSPS) is 11.7. The highest BCUT2D eigenvalue weighted by Gasteiger charge is 2.11. The highest BCUT2D eigenvalue weighted by atomic mass is 16.5. The average molecular weight is 315 g/mol. The molecule has 2 N–H and O–H groups in total. The van der Waals surface area contributed by atoms with Crippen LogP contribution in [0, 0.1) is 0 Å². The molecule has 5 nitrogen and oxygen atoms in total. The Labute approximate surface area is 135 Å². The zero-order valence-corrected chi connectivity index (χ0v) is 13.3. The van der Waals surface area contributed by atoms with E-state index in [-0.39, 0.29) is 17.4 Å². The molecule has 122 valence electrons. The van der Waals surface area contributed by atoms with Crippen LogP contribution >= 0.6 is 0 Å². The summed E-state index contributed by atoms with van der Waals surface area (Å²) in [5.74, 6) is -0.237. The summed E-state index contributed by atoms with van der Waals surface area (Å²) in [6.45, 7) is 3.15. The molecule has 2 rings (SSSR count). The van der Waals surface area contributed by atoms with Crippen molar-refractivity contribution in [3.63, 3.8) is 0 Å². The molecule has 23 heavy (non-hydrogen) atoms. The first kappa shape index (κ1) is 16.8. The fourth-order valence-corrected chi connectivity index (χ4v) is 2.05. The van der Waals surface area contributed by atoms with Crippen molar-refractivity contribution < 1.29 is 19.4 Å². The van der Waals surface area contributed by atoms with E-state index in [4.69, 9.17) is 4.74 Å². The number of hydrogen-bond acceptors (Lipinski definition) is 5. The molecule has 0 amide bonds. The highest BCUT2D eigenvalue weighted by Crippen LogP contribution is 2.27. The SMILES string of the molecule is COC(=O)c1ccc(OCC(C)NCc2ccccc2)c(O)c1. The van der Waals surface area contributed by atoms with Gasteiger partial charge in [-0.1, -0.05) is 30.3 Å². The second kappa shape index (κ2) is 8.19. The molecule has 0 fully saturated rings. The Hall–Kier alpha value is -2.53. The van der Waals surface area contributed by atoms with Crippen LogP contribution in [0.25, 0.3) is 0 Å². The van der Waals surface area contributed by atoms with Crippen molar-refractivity contribution in [2.45, 2.75) is 19.5 Å². The lowest BCUT2D eigenvalue weighted by Gasteiger charge is -2.16. The molecule has 2 aromatic carbocycles. The predicted octanol–water partition coefficient (Wildman–Crippen LogP) is 2.74. The van der Waals surface area contributed by atoms with Crippen LogP contribution in [0.15, 0.2) is 48.5 Å². The molecule has 0 bridgehead atoms. The molecule has 0 aromatic heterocycles. The number of ether oxygens (including phenoxy) is 2.